The van der Waals surface area contributed by atoms with Crippen LogP contribution in [0.15, 0.2) is 28.7 Å². The largest absolute Gasteiger partial charge is 0.493 e. The van der Waals surface area contributed by atoms with Gasteiger partial charge in [0, 0.05) is 21.0 Å². The third kappa shape index (κ3) is 4.17. The van der Waals surface area contributed by atoms with Crippen molar-refractivity contribution >= 4 is 44.3 Å². The zero-order valence-electron chi connectivity index (χ0n) is 14.5. The monoisotopic (exact) mass is 430 g/mol. The van der Waals surface area contributed by atoms with Crippen molar-refractivity contribution < 1.29 is 9.53 Å². The molecule has 1 aliphatic carbocycles. The van der Waals surface area contributed by atoms with E-state index in [4.69, 9.17) is 4.74 Å². The highest BCUT2D eigenvalue weighted by atomic mass is 79.9. The van der Waals surface area contributed by atoms with E-state index < -0.39 is 0 Å². The number of amides is 1. The van der Waals surface area contributed by atoms with Crippen LogP contribution >= 0.6 is 27.3 Å². The van der Waals surface area contributed by atoms with Crippen LogP contribution < -0.4 is 10.1 Å². The standard InChI is InChI=1S/C20H19BrN2O2S/c1-2-25-17-9-8-14(21)11-13(17)7-10-19(24)23-20-16(12-22)15-5-3-4-6-18(15)26-20/h7-11H,2-6H2,1H3,(H,23,24)/b10-7+. The van der Waals surface area contributed by atoms with Crippen LogP contribution in [-0.4, -0.2) is 12.5 Å². The van der Waals surface area contributed by atoms with Gasteiger partial charge in [0.1, 0.15) is 16.8 Å². The molecular formula is C20H19BrN2O2S. The third-order valence-electron chi connectivity index (χ3n) is 4.21. The van der Waals surface area contributed by atoms with Crippen LogP contribution in [0.3, 0.4) is 0 Å². The Bertz CT molecular complexity index is 896. The van der Waals surface area contributed by atoms with E-state index in [2.05, 4.69) is 27.3 Å². The first-order valence-electron chi connectivity index (χ1n) is 8.58. The van der Waals surface area contributed by atoms with Gasteiger partial charge in [-0.25, -0.2) is 0 Å². The molecule has 1 aromatic heterocycles. The number of fused-ring (bicyclic) bond motifs is 1. The first-order chi connectivity index (χ1) is 12.6. The zero-order chi connectivity index (χ0) is 18.5. The van der Waals surface area contributed by atoms with Crippen LogP contribution in [0, 0.1) is 11.3 Å². The van der Waals surface area contributed by atoms with Crippen molar-refractivity contribution in [3.8, 4) is 11.8 Å². The van der Waals surface area contributed by atoms with E-state index in [0.717, 1.165) is 47.0 Å². The highest BCUT2D eigenvalue weighted by Gasteiger charge is 2.21. The number of nitrogens with one attached hydrogen (secondary N) is 1. The Kier molecular flexibility index (Phi) is 6.12. The molecule has 0 radical (unpaired) electrons. The Labute approximate surface area is 165 Å². The first kappa shape index (κ1) is 18.7. The van der Waals surface area contributed by atoms with Crippen molar-refractivity contribution in [3.63, 3.8) is 0 Å². The topological polar surface area (TPSA) is 62.1 Å². The maximum absolute atomic E-state index is 12.4. The second kappa shape index (κ2) is 8.52. The summed E-state index contributed by atoms with van der Waals surface area (Å²) in [6.45, 7) is 2.48. The SMILES string of the molecule is CCOc1ccc(Br)cc1/C=C/C(=O)Nc1sc2c(c1C#N)CCCC2. The summed E-state index contributed by atoms with van der Waals surface area (Å²) in [5, 5.41) is 13.0. The average Bonchev–Trinajstić information content (AvgIpc) is 2.98. The highest BCUT2D eigenvalue weighted by Crippen LogP contribution is 2.37. The second-order valence-corrected chi connectivity index (χ2v) is 7.99. The summed E-state index contributed by atoms with van der Waals surface area (Å²) in [7, 11) is 0. The van der Waals surface area contributed by atoms with Crippen molar-refractivity contribution in [3.05, 3.63) is 50.3 Å². The summed E-state index contributed by atoms with van der Waals surface area (Å²) in [6.07, 6.45) is 7.38. The summed E-state index contributed by atoms with van der Waals surface area (Å²) >= 11 is 4.96. The van der Waals surface area contributed by atoms with E-state index in [-0.39, 0.29) is 5.91 Å². The van der Waals surface area contributed by atoms with Crippen LogP contribution in [0.5, 0.6) is 5.75 Å². The fraction of sp³-hybridized carbons (Fsp3) is 0.300. The summed E-state index contributed by atoms with van der Waals surface area (Å²) < 4.78 is 6.50. The van der Waals surface area contributed by atoms with Crippen LogP contribution in [-0.2, 0) is 17.6 Å². The predicted molar refractivity (Wildman–Crippen MR) is 109 cm³/mol. The smallest absolute Gasteiger partial charge is 0.249 e. The first-order valence-corrected chi connectivity index (χ1v) is 10.2. The lowest BCUT2D eigenvalue weighted by Gasteiger charge is -2.09. The molecule has 134 valence electrons. The minimum absolute atomic E-state index is 0.248. The molecule has 0 saturated carbocycles. The lowest BCUT2D eigenvalue weighted by atomic mass is 9.96. The quantitative estimate of drug-likeness (QED) is 0.653. The molecule has 26 heavy (non-hydrogen) atoms. The minimum Gasteiger partial charge on any atom is -0.493 e. The predicted octanol–water partition coefficient (Wildman–Crippen LogP) is 5.31. The van der Waals surface area contributed by atoms with Crippen molar-refractivity contribution in [1.82, 2.24) is 0 Å². The van der Waals surface area contributed by atoms with Gasteiger partial charge in [0.2, 0.25) is 5.91 Å². The molecule has 0 spiro atoms. The van der Waals surface area contributed by atoms with Gasteiger partial charge >= 0.3 is 0 Å². The van der Waals surface area contributed by atoms with Crippen LogP contribution in [0.25, 0.3) is 6.08 Å². The number of nitriles is 1. The zero-order valence-corrected chi connectivity index (χ0v) is 16.9. The minimum atomic E-state index is -0.248. The summed E-state index contributed by atoms with van der Waals surface area (Å²) in [5.74, 6) is 0.478. The van der Waals surface area contributed by atoms with Gasteiger partial charge in [-0.3, -0.25) is 4.79 Å². The van der Waals surface area contributed by atoms with E-state index in [1.165, 1.54) is 22.3 Å². The second-order valence-electron chi connectivity index (χ2n) is 5.96. The van der Waals surface area contributed by atoms with E-state index in [0.29, 0.717) is 17.2 Å². The van der Waals surface area contributed by atoms with E-state index in [9.17, 15) is 10.1 Å². The van der Waals surface area contributed by atoms with Gasteiger partial charge in [-0.15, -0.1) is 11.3 Å². The Hall–Kier alpha value is -2.10. The maximum Gasteiger partial charge on any atom is 0.249 e. The summed E-state index contributed by atoms with van der Waals surface area (Å²) in [4.78, 5) is 13.6. The molecule has 0 saturated heterocycles. The molecule has 3 rings (SSSR count). The number of thiophene rings is 1. The van der Waals surface area contributed by atoms with Gasteiger partial charge in [0.05, 0.1) is 12.2 Å². The number of halogens is 1. The molecule has 0 atom stereocenters. The van der Waals surface area contributed by atoms with Crippen molar-refractivity contribution in [2.75, 3.05) is 11.9 Å². The number of hydrogen-bond acceptors (Lipinski definition) is 4. The van der Waals surface area contributed by atoms with E-state index >= 15 is 0 Å². The summed E-state index contributed by atoms with van der Waals surface area (Å²) in [5.41, 5.74) is 2.57. The third-order valence-corrected chi connectivity index (χ3v) is 5.91. The number of carbonyl (C=O) groups is 1. The van der Waals surface area contributed by atoms with Crippen molar-refractivity contribution in [1.29, 1.82) is 5.26 Å². The van der Waals surface area contributed by atoms with Crippen LogP contribution in [0.1, 0.15) is 41.3 Å². The number of ether oxygens (including phenoxy) is 1. The number of carbonyl (C=O) groups excluding carboxylic acids is 1. The Balaban J connectivity index is 1.78. The molecule has 0 fully saturated rings. The molecule has 0 aliphatic heterocycles. The van der Waals surface area contributed by atoms with Gasteiger partial charge in [0.15, 0.2) is 0 Å². The molecule has 4 nitrogen and oxygen atoms in total. The number of aryl methyl sites for hydroxylation is 1. The fourth-order valence-electron chi connectivity index (χ4n) is 3.03. The molecule has 0 bridgehead atoms. The number of nitrogens with zero attached hydrogens (tertiary/aromatic N) is 1. The van der Waals surface area contributed by atoms with E-state index in [1.807, 2.05) is 25.1 Å². The summed E-state index contributed by atoms with van der Waals surface area (Å²) in [6, 6.07) is 7.93. The van der Waals surface area contributed by atoms with Gasteiger partial charge < -0.3 is 10.1 Å². The molecule has 1 N–H and O–H groups in total. The highest BCUT2D eigenvalue weighted by molar-refractivity contribution is 9.10. The van der Waals surface area contributed by atoms with E-state index in [1.54, 1.807) is 6.08 Å². The van der Waals surface area contributed by atoms with Crippen LogP contribution in [0.2, 0.25) is 0 Å². The lowest BCUT2D eigenvalue weighted by molar-refractivity contribution is -0.111. The molecule has 1 aromatic carbocycles. The number of anilines is 1. The molecule has 1 amide bonds. The maximum atomic E-state index is 12.4. The van der Waals surface area contributed by atoms with Gasteiger partial charge in [-0.1, -0.05) is 15.9 Å². The van der Waals surface area contributed by atoms with Gasteiger partial charge in [-0.05, 0) is 62.4 Å². The molecular weight excluding hydrogens is 412 g/mol. The number of hydrogen-bond donors (Lipinski definition) is 1. The molecule has 2 aromatic rings. The molecule has 0 unspecified atom stereocenters. The molecule has 1 aliphatic rings. The van der Waals surface area contributed by atoms with Crippen LogP contribution in [0.4, 0.5) is 5.00 Å². The average molecular weight is 431 g/mol. The fourth-order valence-corrected chi connectivity index (χ4v) is 4.65. The Morgan fingerprint density at radius 2 is 2.23 bits per heavy atom. The number of rotatable bonds is 5. The Morgan fingerprint density at radius 1 is 1.42 bits per heavy atom. The normalized spacial score (nSPS) is 13.3. The molecule has 1 heterocycles. The van der Waals surface area contributed by atoms with Crippen molar-refractivity contribution in [2.24, 2.45) is 0 Å². The lowest BCUT2D eigenvalue weighted by Crippen LogP contribution is -2.08. The van der Waals surface area contributed by atoms with Crippen molar-refractivity contribution in [2.45, 2.75) is 32.6 Å². The number of benzene rings is 1. The van der Waals surface area contributed by atoms with Gasteiger partial charge in [0.25, 0.3) is 0 Å². The molecule has 6 heteroatoms. The van der Waals surface area contributed by atoms with Gasteiger partial charge in [-0.2, -0.15) is 5.26 Å². The Morgan fingerprint density at radius 3 is 3.00 bits per heavy atom.